The predicted molar refractivity (Wildman–Crippen MR) is 82.2 cm³/mol. The summed E-state index contributed by atoms with van der Waals surface area (Å²) >= 11 is 0. The summed E-state index contributed by atoms with van der Waals surface area (Å²) in [7, 11) is 3.75. The van der Waals surface area contributed by atoms with Crippen LogP contribution in [-0.2, 0) is 26.4 Å². The van der Waals surface area contributed by atoms with Crippen LogP contribution in [0.3, 0.4) is 0 Å². The lowest BCUT2D eigenvalue weighted by Gasteiger charge is -2.17. The van der Waals surface area contributed by atoms with Gasteiger partial charge in [0.25, 0.3) is 5.91 Å². The molecular weight excluding hydrogens is 262 g/mol. The third-order valence-electron chi connectivity index (χ3n) is 4.21. The fraction of sp³-hybridized carbons (Fsp3) is 0.412. The molecule has 0 saturated carbocycles. The number of rotatable bonds is 3. The zero-order chi connectivity index (χ0) is 15.0. The van der Waals surface area contributed by atoms with Crippen molar-refractivity contribution >= 4 is 5.91 Å². The highest BCUT2D eigenvalue weighted by Crippen LogP contribution is 2.23. The fourth-order valence-electron chi connectivity index (χ4n) is 3.06. The molecule has 4 heteroatoms. The smallest absolute Gasteiger partial charge is 0.253 e. The van der Waals surface area contributed by atoms with Crippen LogP contribution in [-0.4, -0.2) is 27.6 Å². The molecule has 110 valence electrons. The van der Waals surface area contributed by atoms with Crippen LogP contribution in [0.5, 0.6) is 0 Å². The molecule has 0 fully saturated rings. The van der Waals surface area contributed by atoms with Crippen molar-refractivity contribution in [3.8, 4) is 0 Å². The first-order valence-corrected chi connectivity index (χ1v) is 7.41. The van der Waals surface area contributed by atoms with Gasteiger partial charge in [-0.15, -0.1) is 0 Å². The van der Waals surface area contributed by atoms with Crippen molar-refractivity contribution in [1.29, 1.82) is 0 Å². The van der Waals surface area contributed by atoms with Gasteiger partial charge >= 0.3 is 0 Å². The molecule has 0 N–H and O–H groups in total. The van der Waals surface area contributed by atoms with E-state index in [1.165, 1.54) is 17.5 Å². The third kappa shape index (κ3) is 2.71. The van der Waals surface area contributed by atoms with Crippen molar-refractivity contribution in [2.24, 2.45) is 7.05 Å². The maximum Gasteiger partial charge on any atom is 0.253 e. The molecule has 1 heterocycles. The highest BCUT2D eigenvalue weighted by Gasteiger charge is 2.17. The molecule has 0 aliphatic heterocycles. The highest BCUT2D eigenvalue weighted by molar-refractivity contribution is 5.94. The maximum atomic E-state index is 12.6. The summed E-state index contributed by atoms with van der Waals surface area (Å²) in [6.07, 6.45) is 5.43. The first-order chi connectivity index (χ1) is 10.0. The van der Waals surface area contributed by atoms with Gasteiger partial charge in [-0.3, -0.25) is 9.48 Å². The monoisotopic (exact) mass is 283 g/mol. The van der Waals surface area contributed by atoms with Gasteiger partial charge in [-0.25, -0.2) is 0 Å². The Bertz CT molecular complexity index is 687. The van der Waals surface area contributed by atoms with Crippen LogP contribution < -0.4 is 0 Å². The highest BCUT2D eigenvalue weighted by atomic mass is 16.2. The van der Waals surface area contributed by atoms with Crippen LogP contribution in [0.1, 0.15) is 39.2 Å². The summed E-state index contributed by atoms with van der Waals surface area (Å²) < 4.78 is 1.79. The Hall–Kier alpha value is -2.10. The summed E-state index contributed by atoms with van der Waals surface area (Å²) in [5, 5.41) is 4.32. The van der Waals surface area contributed by atoms with E-state index in [1.807, 2.05) is 33.3 Å². The average Bonchev–Trinajstić information content (AvgIpc) is 3.03. The Morgan fingerprint density at radius 1 is 1.33 bits per heavy atom. The van der Waals surface area contributed by atoms with Gasteiger partial charge in [0.05, 0.1) is 5.69 Å². The molecule has 1 aliphatic carbocycles. The van der Waals surface area contributed by atoms with Crippen LogP contribution in [0, 0.1) is 6.92 Å². The molecule has 2 aromatic rings. The van der Waals surface area contributed by atoms with Crippen molar-refractivity contribution in [2.45, 2.75) is 32.7 Å². The summed E-state index contributed by atoms with van der Waals surface area (Å²) in [5.41, 5.74) is 5.60. The minimum atomic E-state index is 0.0768. The predicted octanol–water partition coefficient (Wildman–Crippen LogP) is 2.49. The van der Waals surface area contributed by atoms with E-state index in [-0.39, 0.29) is 5.91 Å². The van der Waals surface area contributed by atoms with E-state index in [1.54, 1.807) is 9.58 Å². The lowest BCUT2D eigenvalue weighted by atomic mass is 10.1. The number of carbonyl (C=O) groups is 1. The Balaban J connectivity index is 1.77. The van der Waals surface area contributed by atoms with Gasteiger partial charge in [-0.05, 0) is 49.4 Å². The second-order valence-electron chi connectivity index (χ2n) is 5.91. The number of benzene rings is 1. The molecule has 1 aromatic carbocycles. The topological polar surface area (TPSA) is 38.1 Å². The minimum absolute atomic E-state index is 0.0768. The van der Waals surface area contributed by atoms with E-state index in [0.717, 1.165) is 29.7 Å². The second kappa shape index (κ2) is 5.35. The molecule has 4 nitrogen and oxygen atoms in total. The number of carbonyl (C=O) groups excluding carboxylic acids is 1. The fourth-order valence-corrected chi connectivity index (χ4v) is 3.06. The number of hydrogen-bond donors (Lipinski definition) is 0. The summed E-state index contributed by atoms with van der Waals surface area (Å²) in [6.45, 7) is 2.57. The molecule has 0 unspecified atom stereocenters. The van der Waals surface area contributed by atoms with Crippen molar-refractivity contribution in [3.05, 3.63) is 52.3 Å². The standard InChI is InChI=1S/C17H21N3O/c1-12-16(11-20(3)18-12)10-19(2)17(21)15-8-7-13-5-4-6-14(13)9-15/h7-9,11H,4-6,10H2,1-3H3. The van der Waals surface area contributed by atoms with Gasteiger partial charge in [0.2, 0.25) is 0 Å². The summed E-state index contributed by atoms with van der Waals surface area (Å²) in [6, 6.07) is 6.13. The first-order valence-electron chi connectivity index (χ1n) is 7.41. The number of amides is 1. The van der Waals surface area contributed by atoms with Crippen LogP contribution in [0.25, 0.3) is 0 Å². The van der Waals surface area contributed by atoms with Gasteiger partial charge in [-0.2, -0.15) is 5.10 Å². The number of fused-ring (bicyclic) bond motifs is 1. The van der Waals surface area contributed by atoms with Gasteiger partial charge in [0, 0.05) is 38.0 Å². The average molecular weight is 283 g/mol. The Morgan fingerprint density at radius 3 is 2.81 bits per heavy atom. The molecule has 0 atom stereocenters. The number of aryl methyl sites for hydroxylation is 4. The molecule has 1 aromatic heterocycles. The summed E-state index contributed by atoms with van der Waals surface area (Å²) in [5.74, 6) is 0.0768. The van der Waals surface area contributed by atoms with Crippen molar-refractivity contribution in [2.75, 3.05) is 7.05 Å². The molecule has 0 radical (unpaired) electrons. The summed E-state index contributed by atoms with van der Waals surface area (Å²) in [4.78, 5) is 14.3. The van der Waals surface area contributed by atoms with Gasteiger partial charge in [-0.1, -0.05) is 6.07 Å². The van der Waals surface area contributed by atoms with Crippen LogP contribution >= 0.6 is 0 Å². The lowest BCUT2D eigenvalue weighted by Crippen LogP contribution is -2.26. The van der Waals surface area contributed by atoms with Gasteiger partial charge in [0.1, 0.15) is 0 Å². The normalized spacial score (nSPS) is 13.3. The van der Waals surface area contributed by atoms with Crippen molar-refractivity contribution in [3.63, 3.8) is 0 Å². The van der Waals surface area contributed by atoms with E-state index < -0.39 is 0 Å². The number of aromatic nitrogens is 2. The molecular formula is C17H21N3O. The Morgan fingerprint density at radius 2 is 2.10 bits per heavy atom. The van der Waals surface area contributed by atoms with Crippen molar-refractivity contribution < 1.29 is 4.79 Å². The lowest BCUT2D eigenvalue weighted by molar-refractivity contribution is 0.0785. The van der Waals surface area contributed by atoms with E-state index in [9.17, 15) is 4.79 Å². The van der Waals surface area contributed by atoms with E-state index >= 15 is 0 Å². The number of nitrogens with zero attached hydrogens (tertiary/aromatic N) is 3. The van der Waals surface area contributed by atoms with Crippen molar-refractivity contribution in [1.82, 2.24) is 14.7 Å². The SMILES string of the molecule is Cc1nn(C)cc1CN(C)C(=O)c1ccc2c(c1)CCC2. The largest absolute Gasteiger partial charge is 0.337 e. The van der Waals surface area contributed by atoms with Crippen LogP contribution in [0.15, 0.2) is 24.4 Å². The maximum absolute atomic E-state index is 12.6. The van der Waals surface area contributed by atoms with Crippen LogP contribution in [0.2, 0.25) is 0 Å². The Labute approximate surface area is 125 Å². The molecule has 0 bridgehead atoms. The molecule has 3 rings (SSSR count). The number of hydrogen-bond acceptors (Lipinski definition) is 2. The minimum Gasteiger partial charge on any atom is -0.337 e. The quantitative estimate of drug-likeness (QED) is 0.868. The molecule has 21 heavy (non-hydrogen) atoms. The molecule has 1 amide bonds. The van der Waals surface area contributed by atoms with E-state index in [0.29, 0.717) is 6.54 Å². The zero-order valence-corrected chi connectivity index (χ0v) is 12.9. The third-order valence-corrected chi connectivity index (χ3v) is 4.21. The zero-order valence-electron chi connectivity index (χ0n) is 12.9. The van der Waals surface area contributed by atoms with Crippen LogP contribution in [0.4, 0.5) is 0 Å². The van der Waals surface area contributed by atoms with E-state index in [2.05, 4.69) is 17.2 Å². The Kier molecular flexibility index (Phi) is 3.53. The van der Waals surface area contributed by atoms with E-state index in [4.69, 9.17) is 0 Å². The molecule has 0 spiro atoms. The molecule has 0 saturated heterocycles. The second-order valence-corrected chi connectivity index (χ2v) is 5.91. The van der Waals surface area contributed by atoms with Gasteiger partial charge in [0.15, 0.2) is 0 Å². The molecule has 1 aliphatic rings. The van der Waals surface area contributed by atoms with Gasteiger partial charge < -0.3 is 4.90 Å². The first kappa shape index (κ1) is 13.9.